The van der Waals surface area contributed by atoms with Crippen LogP contribution in [-0.2, 0) is 6.54 Å². The predicted molar refractivity (Wildman–Crippen MR) is 132 cm³/mol. The van der Waals surface area contributed by atoms with Gasteiger partial charge in [-0.3, -0.25) is 4.79 Å². The highest BCUT2D eigenvalue weighted by molar-refractivity contribution is 6.20. The molecule has 1 aromatic heterocycles. The highest BCUT2D eigenvalue weighted by Crippen LogP contribution is 2.36. The second kappa shape index (κ2) is 8.32. The van der Waals surface area contributed by atoms with Crippen molar-refractivity contribution in [1.82, 2.24) is 4.57 Å². The van der Waals surface area contributed by atoms with E-state index in [1.165, 1.54) is 16.7 Å². The van der Waals surface area contributed by atoms with Crippen molar-refractivity contribution >= 4 is 16.7 Å². The van der Waals surface area contributed by atoms with Crippen molar-refractivity contribution in [3.05, 3.63) is 131 Å². The predicted octanol–water partition coefficient (Wildman–Crippen LogP) is 7.20. The Morgan fingerprint density at radius 2 is 1.28 bits per heavy atom. The molecular formula is C30H25NO. The van der Waals surface area contributed by atoms with Crippen LogP contribution in [0.4, 0.5) is 0 Å². The molecule has 0 fully saturated rings. The van der Waals surface area contributed by atoms with Crippen LogP contribution >= 0.6 is 0 Å². The van der Waals surface area contributed by atoms with Gasteiger partial charge in [-0.1, -0.05) is 108 Å². The van der Waals surface area contributed by atoms with Crippen LogP contribution in [0.15, 0.2) is 103 Å². The maximum Gasteiger partial charge on any atom is 0.195 e. The highest BCUT2D eigenvalue weighted by atomic mass is 16.1. The van der Waals surface area contributed by atoms with Crippen LogP contribution in [0.5, 0.6) is 0 Å². The van der Waals surface area contributed by atoms with E-state index >= 15 is 0 Å². The average Bonchev–Trinajstić information content (AvgIpc) is 3.15. The van der Waals surface area contributed by atoms with Crippen LogP contribution < -0.4 is 0 Å². The Morgan fingerprint density at radius 3 is 1.97 bits per heavy atom. The summed E-state index contributed by atoms with van der Waals surface area (Å²) in [5.74, 6) is 0.0556. The largest absolute Gasteiger partial charge is 0.335 e. The van der Waals surface area contributed by atoms with Crippen molar-refractivity contribution in [2.45, 2.75) is 20.4 Å². The monoisotopic (exact) mass is 415 g/mol. The zero-order chi connectivity index (χ0) is 22.1. The molecule has 0 saturated carbocycles. The van der Waals surface area contributed by atoms with Crippen molar-refractivity contribution in [1.29, 1.82) is 0 Å². The number of fused-ring (bicyclic) bond motifs is 1. The van der Waals surface area contributed by atoms with Crippen LogP contribution in [-0.4, -0.2) is 10.4 Å². The fourth-order valence-corrected chi connectivity index (χ4v) is 4.32. The van der Waals surface area contributed by atoms with E-state index in [4.69, 9.17) is 0 Å². The molecular weight excluding hydrogens is 390 g/mol. The Morgan fingerprint density at radius 1 is 0.688 bits per heavy atom. The first-order valence-electron chi connectivity index (χ1n) is 11.0. The summed E-state index contributed by atoms with van der Waals surface area (Å²) in [6.45, 7) is 4.89. The van der Waals surface area contributed by atoms with E-state index in [0.717, 1.165) is 27.7 Å². The first-order valence-corrected chi connectivity index (χ1v) is 11.0. The maximum atomic E-state index is 13.8. The van der Waals surface area contributed by atoms with Crippen LogP contribution in [0.25, 0.3) is 22.2 Å². The molecule has 0 N–H and O–H groups in total. The average molecular weight is 416 g/mol. The summed E-state index contributed by atoms with van der Waals surface area (Å²) in [5.41, 5.74) is 8.22. The lowest BCUT2D eigenvalue weighted by atomic mass is 9.97. The zero-order valence-corrected chi connectivity index (χ0v) is 18.4. The molecule has 0 bridgehead atoms. The fraction of sp³-hybridized carbons (Fsp3) is 0.100. The minimum absolute atomic E-state index is 0.0556. The highest BCUT2D eigenvalue weighted by Gasteiger charge is 2.24. The summed E-state index contributed by atoms with van der Waals surface area (Å²) in [7, 11) is 0. The van der Waals surface area contributed by atoms with Gasteiger partial charge < -0.3 is 4.57 Å². The summed E-state index contributed by atoms with van der Waals surface area (Å²) in [6, 6.07) is 34.9. The van der Waals surface area contributed by atoms with Crippen molar-refractivity contribution < 1.29 is 4.79 Å². The number of carbonyl (C=O) groups excluding carboxylic acids is 1. The lowest BCUT2D eigenvalue weighted by Gasteiger charge is -2.13. The van der Waals surface area contributed by atoms with Crippen LogP contribution in [0.3, 0.4) is 0 Å². The number of hydrogen-bond acceptors (Lipinski definition) is 1. The molecule has 0 amide bonds. The Labute approximate surface area is 188 Å². The third kappa shape index (κ3) is 3.65. The molecule has 0 saturated heterocycles. The van der Waals surface area contributed by atoms with Crippen molar-refractivity contribution in [3.63, 3.8) is 0 Å². The minimum atomic E-state index is 0.0556. The van der Waals surface area contributed by atoms with Crippen molar-refractivity contribution in [3.8, 4) is 11.3 Å². The Balaban J connectivity index is 1.79. The van der Waals surface area contributed by atoms with Gasteiger partial charge in [0.15, 0.2) is 5.78 Å². The number of carbonyl (C=O) groups is 1. The molecule has 2 heteroatoms. The zero-order valence-electron chi connectivity index (χ0n) is 18.4. The molecule has 0 spiro atoms. The molecule has 0 atom stereocenters. The molecule has 1 heterocycles. The summed E-state index contributed by atoms with van der Waals surface area (Å²) < 4.78 is 2.29. The Bertz CT molecular complexity index is 1390. The number of rotatable bonds is 5. The van der Waals surface area contributed by atoms with E-state index in [9.17, 15) is 4.79 Å². The number of para-hydroxylation sites is 1. The third-order valence-electron chi connectivity index (χ3n) is 6.02. The molecule has 32 heavy (non-hydrogen) atoms. The molecule has 0 unspecified atom stereocenters. The quantitative estimate of drug-likeness (QED) is 0.278. The van der Waals surface area contributed by atoms with Gasteiger partial charge in [0.2, 0.25) is 0 Å². The van der Waals surface area contributed by atoms with Gasteiger partial charge >= 0.3 is 0 Å². The molecule has 0 aliphatic carbocycles. The van der Waals surface area contributed by atoms with E-state index in [2.05, 4.69) is 79.1 Å². The van der Waals surface area contributed by atoms with Crippen LogP contribution in [0.1, 0.15) is 32.6 Å². The molecule has 0 radical (unpaired) electrons. The van der Waals surface area contributed by atoms with Crippen molar-refractivity contribution in [2.75, 3.05) is 0 Å². The second-order valence-electron chi connectivity index (χ2n) is 8.37. The summed E-state index contributed by atoms with van der Waals surface area (Å²) in [4.78, 5) is 13.8. The van der Waals surface area contributed by atoms with E-state index in [-0.39, 0.29) is 5.78 Å². The first kappa shape index (κ1) is 20.0. The number of ketones is 1. The SMILES string of the molecule is Cc1ccc(Cn2c(-c3ccc(C)cc3)c(C(=O)c3ccccc3)c3ccccc32)cc1. The second-order valence-corrected chi connectivity index (χ2v) is 8.37. The van der Waals surface area contributed by atoms with Gasteiger partial charge in [-0.2, -0.15) is 0 Å². The third-order valence-corrected chi connectivity index (χ3v) is 6.02. The van der Waals surface area contributed by atoms with E-state index in [1.54, 1.807) is 0 Å². The van der Waals surface area contributed by atoms with Crippen LogP contribution in [0, 0.1) is 13.8 Å². The van der Waals surface area contributed by atoms with E-state index in [0.29, 0.717) is 12.1 Å². The molecule has 156 valence electrons. The summed E-state index contributed by atoms with van der Waals surface area (Å²) >= 11 is 0. The first-order chi connectivity index (χ1) is 15.6. The van der Waals surface area contributed by atoms with Gasteiger partial charge in [0, 0.05) is 23.0 Å². The summed E-state index contributed by atoms with van der Waals surface area (Å²) in [6.07, 6.45) is 0. The Hall–Kier alpha value is -3.91. The maximum absolute atomic E-state index is 13.8. The topological polar surface area (TPSA) is 22.0 Å². The fourth-order valence-electron chi connectivity index (χ4n) is 4.32. The molecule has 5 aromatic rings. The number of nitrogens with zero attached hydrogens (tertiary/aromatic N) is 1. The van der Waals surface area contributed by atoms with Gasteiger partial charge in [0.25, 0.3) is 0 Å². The van der Waals surface area contributed by atoms with Crippen molar-refractivity contribution in [2.24, 2.45) is 0 Å². The van der Waals surface area contributed by atoms with Gasteiger partial charge in [0.1, 0.15) is 0 Å². The minimum Gasteiger partial charge on any atom is -0.335 e. The lowest BCUT2D eigenvalue weighted by molar-refractivity contribution is 0.104. The molecule has 0 aliphatic heterocycles. The lowest BCUT2D eigenvalue weighted by Crippen LogP contribution is -2.06. The number of benzene rings is 4. The van der Waals surface area contributed by atoms with Gasteiger partial charge in [0.05, 0.1) is 11.3 Å². The summed E-state index contributed by atoms with van der Waals surface area (Å²) in [5, 5.41) is 0.990. The van der Waals surface area contributed by atoms with E-state index in [1.807, 2.05) is 42.5 Å². The number of hydrogen-bond donors (Lipinski definition) is 0. The normalized spacial score (nSPS) is 11.1. The van der Waals surface area contributed by atoms with Crippen LogP contribution in [0.2, 0.25) is 0 Å². The van der Waals surface area contributed by atoms with Gasteiger partial charge in [-0.25, -0.2) is 0 Å². The standard InChI is InChI=1S/C30H25NO/c1-21-12-16-23(17-13-21)20-31-27-11-7-6-10-26(27)28(30(32)25-8-4-3-5-9-25)29(31)24-18-14-22(2)15-19-24/h3-19H,20H2,1-2H3. The van der Waals surface area contributed by atoms with Gasteiger partial charge in [-0.15, -0.1) is 0 Å². The molecule has 4 aromatic carbocycles. The number of aromatic nitrogens is 1. The molecule has 0 aliphatic rings. The Kier molecular flexibility index (Phi) is 5.20. The van der Waals surface area contributed by atoms with E-state index < -0.39 is 0 Å². The molecule has 2 nitrogen and oxygen atoms in total. The smallest absolute Gasteiger partial charge is 0.195 e. The number of aryl methyl sites for hydroxylation is 2. The molecule has 5 rings (SSSR count). The van der Waals surface area contributed by atoms with Gasteiger partial charge in [-0.05, 0) is 31.0 Å².